The summed E-state index contributed by atoms with van der Waals surface area (Å²) in [6, 6.07) is 6.54. The SMILES string of the molecule is NS(=O)(=O)CCN1CCc2ccccc2C1C(=O)O. The van der Waals surface area contributed by atoms with E-state index >= 15 is 0 Å². The maximum atomic E-state index is 11.4. The van der Waals surface area contributed by atoms with Crippen LogP contribution in [0, 0.1) is 0 Å². The molecule has 104 valence electrons. The minimum absolute atomic E-state index is 0.129. The fourth-order valence-electron chi connectivity index (χ4n) is 2.39. The highest BCUT2D eigenvalue weighted by Crippen LogP contribution is 2.29. The van der Waals surface area contributed by atoms with Crippen LogP contribution in [0.1, 0.15) is 17.2 Å². The van der Waals surface area contributed by atoms with Crippen LogP contribution in [0.2, 0.25) is 0 Å². The van der Waals surface area contributed by atoms with Gasteiger partial charge in [-0.1, -0.05) is 24.3 Å². The van der Waals surface area contributed by atoms with Crippen LogP contribution < -0.4 is 5.14 Å². The van der Waals surface area contributed by atoms with Gasteiger partial charge in [-0.3, -0.25) is 9.69 Å². The lowest BCUT2D eigenvalue weighted by Crippen LogP contribution is -2.42. The molecule has 1 aliphatic heterocycles. The van der Waals surface area contributed by atoms with E-state index < -0.39 is 22.0 Å². The highest BCUT2D eigenvalue weighted by atomic mass is 32.2. The Labute approximate surface area is 111 Å². The van der Waals surface area contributed by atoms with Gasteiger partial charge in [-0.25, -0.2) is 13.6 Å². The second kappa shape index (κ2) is 5.28. The van der Waals surface area contributed by atoms with Gasteiger partial charge in [0, 0.05) is 13.1 Å². The van der Waals surface area contributed by atoms with Crippen molar-refractivity contribution in [3.8, 4) is 0 Å². The largest absolute Gasteiger partial charge is 0.480 e. The Morgan fingerprint density at radius 2 is 2.11 bits per heavy atom. The summed E-state index contributed by atoms with van der Waals surface area (Å²) in [6.07, 6.45) is 0.713. The smallest absolute Gasteiger partial charge is 0.325 e. The molecule has 6 nitrogen and oxygen atoms in total. The number of carboxylic acids is 1. The first-order valence-electron chi connectivity index (χ1n) is 5.93. The zero-order valence-electron chi connectivity index (χ0n) is 10.3. The third-order valence-corrected chi connectivity index (χ3v) is 4.03. The maximum absolute atomic E-state index is 11.4. The van der Waals surface area contributed by atoms with E-state index in [0.29, 0.717) is 13.0 Å². The summed E-state index contributed by atoms with van der Waals surface area (Å²) in [4.78, 5) is 13.1. The number of sulfonamides is 1. The molecule has 7 heteroatoms. The monoisotopic (exact) mass is 284 g/mol. The molecule has 1 aromatic carbocycles. The second-order valence-corrected chi connectivity index (χ2v) is 6.33. The van der Waals surface area contributed by atoms with Gasteiger partial charge in [-0.05, 0) is 17.5 Å². The molecule has 0 amide bonds. The van der Waals surface area contributed by atoms with E-state index in [4.69, 9.17) is 5.14 Å². The van der Waals surface area contributed by atoms with Crippen LogP contribution in [0.4, 0.5) is 0 Å². The molecule has 0 spiro atoms. The molecule has 3 N–H and O–H groups in total. The van der Waals surface area contributed by atoms with Crippen LogP contribution in [0.5, 0.6) is 0 Å². The van der Waals surface area contributed by atoms with Crippen molar-refractivity contribution in [3.05, 3.63) is 35.4 Å². The topological polar surface area (TPSA) is 101 Å². The molecule has 0 bridgehead atoms. The number of rotatable bonds is 4. The van der Waals surface area contributed by atoms with Crippen molar-refractivity contribution in [1.29, 1.82) is 0 Å². The summed E-state index contributed by atoms with van der Waals surface area (Å²) in [6.45, 7) is 0.646. The van der Waals surface area contributed by atoms with E-state index in [1.54, 1.807) is 17.0 Å². The molecule has 0 fully saturated rings. The maximum Gasteiger partial charge on any atom is 0.325 e. The molecule has 0 saturated heterocycles. The lowest BCUT2D eigenvalue weighted by molar-refractivity contribution is -0.143. The molecule has 1 aromatic rings. The quantitative estimate of drug-likeness (QED) is 0.808. The summed E-state index contributed by atoms with van der Waals surface area (Å²) in [5, 5.41) is 14.3. The molecule has 0 aliphatic carbocycles. The predicted octanol–water partition coefficient (Wildman–Crippen LogP) is -0.0411. The van der Waals surface area contributed by atoms with Gasteiger partial charge >= 0.3 is 5.97 Å². The van der Waals surface area contributed by atoms with Crippen molar-refractivity contribution in [1.82, 2.24) is 4.90 Å². The Balaban J connectivity index is 2.25. The third-order valence-electron chi connectivity index (χ3n) is 3.28. The number of aliphatic carboxylic acids is 1. The first kappa shape index (κ1) is 14.0. The Morgan fingerprint density at radius 3 is 2.74 bits per heavy atom. The van der Waals surface area contributed by atoms with Gasteiger partial charge < -0.3 is 5.11 Å². The standard InChI is InChI=1S/C12H16N2O4S/c13-19(17,18)8-7-14-6-5-9-3-1-2-4-10(9)11(14)12(15)16/h1-4,11H,5-8H2,(H,15,16)(H2,13,17,18). The van der Waals surface area contributed by atoms with E-state index in [9.17, 15) is 18.3 Å². The zero-order chi connectivity index (χ0) is 14.0. The first-order chi connectivity index (χ1) is 8.88. The van der Waals surface area contributed by atoms with Crippen LogP contribution in [-0.4, -0.2) is 43.2 Å². The number of nitrogens with zero attached hydrogens (tertiary/aromatic N) is 1. The van der Waals surface area contributed by atoms with Crippen molar-refractivity contribution in [2.75, 3.05) is 18.8 Å². The second-order valence-electron chi connectivity index (χ2n) is 4.59. The van der Waals surface area contributed by atoms with E-state index in [1.807, 2.05) is 12.1 Å². The van der Waals surface area contributed by atoms with Crippen LogP contribution in [0.25, 0.3) is 0 Å². The van der Waals surface area contributed by atoms with Crippen LogP contribution in [0.15, 0.2) is 24.3 Å². The van der Waals surface area contributed by atoms with Gasteiger partial charge in [0.05, 0.1) is 5.75 Å². The first-order valence-corrected chi connectivity index (χ1v) is 7.65. The zero-order valence-corrected chi connectivity index (χ0v) is 11.1. The normalized spacial score (nSPS) is 19.9. The van der Waals surface area contributed by atoms with Crippen LogP contribution >= 0.6 is 0 Å². The fourth-order valence-corrected chi connectivity index (χ4v) is 2.88. The molecule has 2 rings (SSSR count). The molecule has 1 heterocycles. The van der Waals surface area contributed by atoms with Crippen molar-refractivity contribution in [2.45, 2.75) is 12.5 Å². The number of nitrogens with two attached hydrogens (primary N) is 1. The van der Waals surface area contributed by atoms with Gasteiger partial charge in [0.1, 0.15) is 6.04 Å². The van der Waals surface area contributed by atoms with E-state index in [2.05, 4.69) is 0 Å². The lowest BCUT2D eigenvalue weighted by Gasteiger charge is -2.34. The van der Waals surface area contributed by atoms with Crippen molar-refractivity contribution in [2.24, 2.45) is 5.14 Å². The predicted molar refractivity (Wildman–Crippen MR) is 70.1 cm³/mol. The highest BCUT2D eigenvalue weighted by Gasteiger charge is 2.32. The number of hydrogen-bond donors (Lipinski definition) is 2. The molecule has 19 heavy (non-hydrogen) atoms. The van der Waals surface area contributed by atoms with Gasteiger partial charge in [0.15, 0.2) is 0 Å². The summed E-state index contributed by atoms with van der Waals surface area (Å²) in [5.41, 5.74) is 1.73. The van der Waals surface area contributed by atoms with Crippen molar-refractivity contribution < 1.29 is 18.3 Å². The van der Waals surface area contributed by atoms with Gasteiger partial charge in [0.2, 0.25) is 10.0 Å². The molecular formula is C12H16N2O4S. The summed E-state index contributed by atoms with van der Waals surface area (Å²) in [5.74, 6) is -1.21. The summed E-state index contributed by atoms with van der Waals surface area (Å²) in [7, 11) is -3.58. The van der Waals surface area contributed by atoms with Gasteiger partial charge in [-0.15, -0.1) is 0 Å². The highest BCUT2D eigenvalue weighted by molar-refractivity contribution is 7.89. The lowest BCUT2D eigenvalue weighted by atomic mass is 9.93. The number of primary sulfonamides is 1. The van der Waals surface area contributed by atoms with Crippen LogP contribution in [-0.2, 0) is 21.2 Å². The summed E-state index contributed by atoms with van der Waals surface area (Å²) >= 11 is 0. The minimum atomic E-state index is -3.58. The van der Waals surface area contributed by atoms with Gasteiger partial charge in [0.25, 0.3) is 0 Å². The van der Waals surface area contributed by atoms with Crippen molar-refractivity contribution >= 4 is 16.0 Å². The number of benzene rings is 1. The summed E-state index contributed by atoms with van der Waals surface area (Å²) < 4.78 is 22.0. The average Bonchev–Trinajstić information content (AvgIpc) is 2.34. The van der Waals surface area contributed by atoms with E-state index in [1.165, 1.54) is 0 Å². The Morgan fingerprint density at radius 1 is 1.42 bits per heavy atom. The molecule has 0 radical (unpaired) electrons. The number of carbonyl (C=O) groups is 1. The Bertz CT molecular complexity index is 585. The van der Waals surface area contributed by atoms with E-state index in [0.717, 1.165) is 11.1 Å². The average molecular weight is 284 g/mol. The molecule has 0 aromatic heterocycles. The van der Waals surface area contributed by atoms with Gasteiger partial charge in [-0.2, -0.15) is 0 Å². The van der Waals surface area contributed by atoms with Crippen molar-refractivity contribution in [3.63, 3.8) is 0 Å². The number of carboxylic acid groups (broad SMARTS) is 1. The Hall–Kier alpha value is -1.44. The molecule has 1 aliphatic rings. The minimum Gasteiger partial charge on any atom is -0.480 e. The third kappa shape index (κ3) is 3.31. The number of fused-ring (bicyclic) bond motifs is 1. The molecular weight excluding hydrogens is 268 g/mol. The molecule has 1 atom stereocenters. The molecule has 0 saturated carbocycles. The molecule has 1 unspecified atom stereocenters. The van der Waals surface area contributed by atoms with E-state index in [-0.39, 0.29) is 12.3 Å². The van der Waals surface area contributed by atoms with Crippen LogP contribution in [0.3, 0.4) is 0 Å². The fraction of sp³-hybridized carbons (Fsp3) is 0.417. The Kier molecular flexibility index (Phi) is 3.88. The number of hydrogen-bond acceptors (Lipinski definition) is 4.